The first-order chi connectivity index (χ1) is 11.3. The van der Waals surface area contributed by atoms with E-state index in [0.717, 1.165) is 45.2 Å². The molecule has 0 aliphatic carbocycles. The van der Waals surface area contributed by atoms with Crippen molar-refractivity contribution < 1.29 is 14.7 Å². The average molecular weight is 338 g/mol. The highest BCUT2D eigenvalue weighted by Crippen LogP contribution is 2.43. The van der Waals surface area contributed by atoms with Crippen molar-refractivity contribution in [3.63, 3.8) is 0 Å². The summed E-state index contributed by atoms with van der Waals surface area (Å²) in [6, 6.07) is 0.320. The summed E-state index contributed by atoms with van der Waals surface area (Å²) in [5, 5.41) is 10.2. The maximum atomic E-state index is 12.1. The zero-order valence-corrected chi connectivity index (χ0v) is 14.8. The number of β-amino-alcohol motifs (C(OH)–C–C–N with tert-alkyl or cyclic N) is 1. The largest absolute Gasteiger partial charge is 0.390 e. The first-order valence-electron chi connectivity index (χ1n) is 9.05. The van der Waals surface area contributed by atoms with Crippen molar-refractivity contribution in [1.29, 1.82) is 0 Å². The Morgan fingerprint density at radius 3 is 2.67 bits per heavy atom. The molecule has 3 aliphatic rings. The molecule has 3 fully saturated rings. The number of carbonyl (C=O) groups is 2. The van der Waals surface area contributed by atoms with Gasteiger partial charge in [-0.3, -0.25) is 19.4 Å². The van der Waals surface area contributed by atoms with Crippen molar-refractivity contribution >= 4 is 11.8 Å². The van der Waals surface area contributed by atoms with E-state index in [1.807, 2.05) is 0 Å². The molecule has 7 nitrogen and oxygen atoms in total. The number of likely N-dealkylation sites (N-methyl/N-ethyl adjacent to an activating group) is 1. The van der Waals surface area contributed by atoms with Crippen LogP contribution in [0.4, 0.5) is 0 Å². The van der Waals surface area contributed by atoms with Crippen molar-refractivity contribution in [3.05, 3.63) is 0 Å². The molecule has 0 aromatic carbocycles. The number of aliphatic hydroxyl groups excluding tert-OH is 1. The zero-order chi connectivity index (χ0) is 17.5. The lowest BCUT2D eigenvalue weighted by molar-refractivity contribution is -0.132. The number of likely N-dealkylation sites (tertiary alicyclic amines) is 1. The van der Waals surface area contributed by atoms with Gasteiger partial charge in [-0.25, -0.2) is 0 Å². The molecule has 2 amide bonds. The first-order valence-corrected chi connectivity index (χ1v) is 9.05. The second-order valence-corrected chi connectivity index (χ2v) is 7.70. The molecule has 0 unspecified atom stereocenters. The lowest BCUT2D eigenvalue weighted by Gasteiger charge is -2.43. The molecule has 3 aliphatic heterocycles. The van der Waals surface area contributed by atoms with Crippen LogP contribution in [-0.2, 0) is 9.59 Å². The smallest absolute Gasteiger partial charge is 0.237 e. The molecule has 3 saturated heterocycles. The molecule has 3 heterocycles. The molecule has 0 saturated carbocycles. The van der Waals surface area contributed by atoms with E-state index in [1.165, 1.54) is 6.92 Å². The number of fused-ring (bicyclic) bond motifs is 2. The van der Waals surface area contributed by atoms with E-state index in [0.29, 0.717) is 19.1 Å². The van der Waals surface area contributed by atoms with Crippen molar-refractivity contribution in [2.45, 2.75) is 62.8 Å². The Morgan fingerprint density at radius 2 is 2.00 bits per heavy atom. The molecule has 0 radical (unpaired) electrons. The third-order valence-corrected chi connectivity index (χ3v) is 6.45. The second kappa shape index (κ2) is 6.61. The lowest BCUT2D eigenvalue weighted by Crippen LogP contribution is -2.59. The van der Waals surface area contributed by atoms with Gasteiger partial charge in [-0.2, -0.15) is 0 Å². The fraction of sp³-hybridized carbons (Fsp3) is 0.882. The zero-order valence-electron chi connectivity index (χ0n) is 14.8. The van der Waals surface area contributed by atoms with Crippen LogP contribution < -0.4 is 5.73 Å². The van der Waals surface area contributed by atoms with Crippen LogP contribution >= 0.6 is 0 Å². The Bertz CT molecular complexity index is 510. The minimum absolute atomic E-state index is 0.0253. The van der Waals surface area contributed by atoms with Crippen LogP contribution in [0.15, 0.2) is 0 Å². The number of piperidine rings is 1. The Kier molecular flexibility index (Phi) is 4.86. The van der Waals surface area contributed by atoms with E-state index >= 15 is 0 Å². The van der Waals surface area contributed by atoms with E-state index < -0.39 is 11.6 Å². The molecular formula is C17H30N4O3. The standard InChI is InChI=1S/C17H30N4O3/c1-12(22)19(2)14-10-20(11-15(14)23)8-9-21-13-4-3-6-17(21,7-5-13)16(18)24/h13-15,23H,3-11H2,1-2H3,(H2,18,24)/t13-,14-,15+,17+/m1/s1. The van der Waals surface area contributed by atoms with Crippen LogP contribution in [0.5, 0.6) is 0 Å². The highest BCUT2D eigenvalue weighted by molar-refractivity contribution is 5.85. The highest BCUT2D eigenvalue weighted by atomic mass is 16.3. The molecule has 3 N–H and O–H groups in total. The lowest BCUT2D eigenvalue weighted by atomic mass is 9.87. The van der Waals surface area contributed by atoms with Gasteiger partial charge < -0.3 is 15.7 Å². The molecule has 136 valence electrons. The number of rotatable bonds is 5. The van der Waals surface area contributed by atoms with E-state index in [9.17, 15) is 14.7 Å². The van der Waals surface area contributed by atoms with Crippen LogP contribution in [0.3, 0.4) is 0 Å². The Labute approximate surface area is 143 Å². The molecule has 0 aromatic rings. The molecule has 0 spiro atoms. The molecule has 0 aromatic heterocycles. The minimum Gasteiger partial charge on any atom is -0.390 e. The van der Waals surface area contributed by atoms with Crippen molar-refractivity contribution in [3.8, 4) is 0 Å². The number of carbonyl (C=O) groups excluding carboxylic acids is 2. The summed E-state index contributed by atoms with van der Waals surface area (Å²) < 4.78 is 0. The Morgan fingerprint density at radius 1 is 1.25 bits per heavy atom. The molecule has 3 rings (SSSR count). The average Bonchev–Trinajstić information content (AvgIpc) is 2.98. The van der Waals surface area contributed by atoms with Gasteiger partial charge in [-0.05, 0) is 32.1 Å². The van der Waals surface area contributed by atoms with Gasteiger partial charge >= 0.3 is 0 Å². The van der Waals surface area contributed by atoms with Crippen molar-refractivity contribution in [2.75, 3.05) is 33.2 Å². The summed E-state index contributed by atoms with van der Waals surface area (Å²) >= 11 is 0. The number of nitrogens with two attached hydrogens (primary N) is 1. The van der Waals surface area contributed by atoms with Crippen LogP contribution in [0.2, 0.25) is 0 Å². The van der Waals surface area contributed by atoms with E-state index in [2.05, 4.69) is 9.80 Å². The molecule has 24 heavy (non-hydrogen) atoms. The quantitative estimate of drug-likeness (QED) is 0.697. The maximum Gasteiger partial charge on any atom is 0.237 e. The summed E-state index contributed by atoms with van der Waals surface area (Å²) in [4.78, 5) is 29.8. The predicted octanol–water partition coefficient (Wildman–Crippen LogP) is -0.618. The monoisotopic (exact) mass is 338 g/mol. The fourth-order valence-corrected chi connectivity index (χ4v) is 4.93. The third-order valence-electron chi connectivity index (χ3n) is 6.45. The predicted molar refractivity (Wildman–Crippen MR) is 90.2 cm³/mol. The van der Waals surface area contributed by atoms with Gasteiger partial charge in [0.25, 0.3) is 0 Å². The van der Waals surface area contributed by atoms with Gasteiger partial charge in [0, 0.05) is 46.2 Å². The number of nitrogens with zero attached hydrogens (tertiary/aromatic N) is 3. The second-order valence-electron chi connectivity index (χ2n) is 7.70. The number of amides is 2. The first kappa shape index (κ1) is 17.6. The van der Waals surface area contributed by atoms with Gasteiger partial charge in [0.15, 0.2) is 0 Å². The molecular weight excluding hydrogens is 308 g/mol. The summed E-state index contributed by atoms with van der Waals surface area (Å²) in [6.45, 7) is 4.38. The van der Waals surface area contributed by atoms with Crippen LogP contribution in [0.25, 0.3) is 0 Å². The van der Waals surface area contributed by atoms with Crippen LogP contribution in [-0.4, -0.2) is 88.6 Å². The Balaban J connectivity index is 1.60. The number of hydrogen-bond acceptors (Lipinski definition) is 5. The third kappa shape index (κ3) is 2.93. The summed E-state index contributed by atoms with van der Waals surface area (Å²) in [6.07, 6.45) is 4.52. The number of primary amides is 1. The highest BCUT2D eigenvalue weighted by Gasteiger charge is 2.52. The summed E-state index contributed by atoms with van der Waals surface area (Å²) in [7, 11) is 1.74. The molecule has 7 heteroatoms. The van der Waals surface area contributed by atoms with E-state index in [-0.39, 0.29) is 17.9 Å². The van der Waals surface area contributed by atoms with E-state index in [1.54, 1.807) is 11.9 Å². The fourth-order valence-electron chi connectivity index (χ4n) is 4.93. The van der Waals surface area contributed by atoms with Gasteiger partial charge in [-0.1, -0.05) is 0 Å². The van der Waals surface area contributed by atoms with Crippen molar-refractivity contribution in [1.82, 2.24) is 14.7 Å². The molecule has 4 atom stereocenters. The Hall–Kier alpha value is -1.18. The van der Waals surface area contributed by atoms with Gasteiger partial charge in [0.05, 0.1) is 12.1 Å². The normalized spacial score (nSPS) is 36.9. The minimum atomic E-state index is -0.512. The van der Waals surface area contributed by atoms with Crippen molar-refractivity contribution in [2.24, 2.45) is 5.73 Å². The van der Waals surface area contributed by atoms with Gasteiger partial charge in [0.1, 0.15) is 5.54 Å². The van der Waals surface area contributed by atoms with Gasteiger partial charge in [-0.15, -0.1) is 0 Å². The van der Waals surface area contributed by atoms with Crippen LogP contribution in [0.1, 0.15) is 39.0 Å². The van der Waals surface area contributed by atoms with E-state index in [4.69, 9.17) is 5.73 Å². The maximum absolute atomic E-state index is 12.1. The molecule has 2 bridgehead atoms. The van der Waals surface area contributed by atoms with Crippen LogP contribution in [0, 0.1) is 0 Å². The van der Waals surface area contributed by atoms with Gasteiger partial charge in [0.2, 0.25) is 11.8 Å². The SMILES string of the molecule is CC(=O)N(C)[C@@H]1CN(CCN2[C@@H]3CCC[C@@]2(C(N)=O)CC3)C[C@@H]1O. The number of hydrogen-bond donors (Lipinski definition) is 2. The number of aliphatic hydroxyl groups is 1. The summed E-state index contributed by atoms with van der Waals surface area (Å²) in [5.41, 5.74) is 5.30. The summed E-state index contributed by atoms with van der Waals surface area (Å²) in [5.74, 6) is -0.206. The topological polar surface area (TPSA) is 90.1 Å².